The van der Waals surface area contributed by atoms with E-state index in [0.29, 0.717) is 0 Å². The van der Waals surface area contributed by atoms with Crippen LogP contribution in [0.25, 0.3) is 0 Å². The molecule has 0 aliphatic heterocycles. The average molecular weight is 328 g/mol. The van der Waals surface area contributed by atoms with Gasteiger partial charge < -0.3 is 10.5 Å². The maximum absolute atomic E-state index is 12.1. The number of nitrogens with zero attached hydrogens (tertiary/aromatic N) is 1. The zero-order valence-corrected chi connectivity index (χ0v) is 12.8. The summed E-state index contributed by atoms with van der Waals surface area (Å²) in [5.41, 5.74) is 5.97. The number of benzene rings is 2. The lowest BCUT2D eigenvalue weighted by Crippen LogP contribution is -2.19. The van der Waals surface area contributed by atoms with Gasteiger partial charge in [-0.3, -0.25) is 19.7 Å². The number of rotatable bonds is 7. The zero-order chi connectivity index (χ0) is 17.5. The molecule has 0 saturated heterocycles. The van der Waals surface area contributed by atoms with E-state index in [1.165, 1.54) is 24.3 Å². The van der Waals surface area contributed by atoms with Crippen LogP contribution in [0.15, 0.2) is 54.6 Å². The number of nitro benzene ring substituents is 1. The monoisotopic (exact) mass is 328 g/mol. The van der Waals surface area contributed by atoms with Crippen LogP contribution in [0.1, 0.15) is 24.3 Å². The Morgan fingerprint density at radius 2 is 1.67 bits per heavy atom. The molecule has 0 fully saturated rings. The van der Waals surface area contributed by atoms with Gasteiger partial charge in [-0.1, -0.05) is 30.3 Å². The van der Waals surface area contributed by atoms with Crippen LogP contribution in [0, 0.1) is 10.1 Å². The van der Waals surface area contributed by atoms with Crippen molar-refractivity contribution in [3.05, 3.63) is 70.3 Å². The number of primary amides is 1. The number of non-ortho nitro benzene ring substituents is 1. The Bertz CT molecular complexity index is 728. The first kappa shape index (κ1) is 17.1. The summed E-state index contributed by atoms with van der Waals surface area (Å²) in [5, 5.41) is 10.6. The molecule has 0 aromatic heterocycles. The van der Waals surface area contributed by atoms with Gasteiger partial charge in [0.15, 0.2) is 0 Å². The minimum atomic E-state index is -0.543. The molecule has 7 heteroatoms. The lowest BCUT2D eigenvalue weighted by molar-refractivity contribution is -0.384. The Morgan fingerprint density at radius 1 is 1.04 bits per heavy atom. The van der Waals surface area contributed by atoms with Gasteiger partial charge in [0.05, 0.1) is 11.3 Å². The number of carbonyl (C=O) groups is 2. The zero-order valence-electron chi connectivity index (χ0n) is 12.8. The van der Waals surface area contributed by atoms with Crippen LogP contribution in [0.4, 0.5) is 5.69 Å². The van der Waals surface area contributed by atoms with Gasteiger partial charge in [-0.2, -0.15) is 0 Å². The Hall–Kier alpha value is -3.22. The van der Waals surface area contributed by atoms with Crippen molar-refractivity contribution in [2.24, 2.45) is 5.73 Å². The van der Waals surface area contributed by atoms with Gasteiger partial charge in [0.2, 0.25) is 5.91 Å². The van der Waals surface area contributed by atoms with Crippen LogP contribution < -0.4 is 10.5 Å². The molecular formula is C17H16N2O5. The summed E-state index contributed by atoms with van der Waals surface area (Å²) >= 11 is 0. The maximum Gasteiger partial charge on any atom is 0.311 e. The van der Waals surface area contributed by atoms with Crippen LogP contribution >= 0.6 is 0 Å². The van der Waals surface area contributed by atoms with E-state index >= 15 is 0 Å². The molecule has 0 aliphatic carbocycles. The van der Waals surface area contributed by atoms with Crippen molar-refractivity contribution in [1.29, 1.82) is 0 Å². The minimum absolute atomic E-state index is 0.0239. The van der Waals surface area contributed by atoms with Crippen molar-refractivity contribution in [1.82, 2.24) is 0 Å². The van der Waals surface area contributed by atoms with Crippen molar-refractivity contribution in [3.8, 4) is 5.75 Å². The highest BCUT2D eigenvalue weighted by atomic mass is 16.6. The molecule has 0 spiro atoms. The van der Waals surface area contributed by atoms with Crippen LogP contribution in [-0.2, 0) is 9.59 Å². The molecule has 0 radical (unpaired) electrons. The molecular weight excluding hydrogens is 312 g/mol. The Morgan fingerprint density at radius 3 is 2.21 bits per heavy atom. The van der Waals surface area contributed by atoms with Crippen molar-refractivity contribution in [2.45, 2.75) is 18.8 Å². The highest BCUT2D eigenvalue weighted by molar-refractivity contribution is 5.78. The van der Waals surface area contributed by atoms with Crippen molar-refractivity contribution in [3.63, 3.8) is 0 Å². The minimum Gasteiger partial charge on any atom is -0.427 e. The largest absolute Gasteiger partial charge is 0.427 e. The highest BCUT2D eigenvalue weighted by Gasteiger charge is 2.20. The molecule has 1 amide bonds. The third kappa shape index (κ3) is 4.91. The van der Waals surface area contributed by atoms with Gasteiger partial charge in [-0.05, 0) is 17.7 Å². The Balaban J connectivity index is 2.04. The van der Waals surface area contributed by atoms with Crippen LogP contribution in [0.2, 0.25) is 0 Å². The molecule has 0 bridgehead atoms. The predicted molar refractivity (Wildman–Crippen MR) is 86.3 cm³/mol. The summed E-state index contributed by atoms with van der Waals surface area (Å²) < 4.78 is 5.17. The van der Waals surface area contributed by atoms with E-state index in [1.807, 2.05) is 30.3 Å². The molecule has 2 rings (SSSR count). The molecule has 0 saturated carbocycles. The number of ether oxygens (including phenoxy) is 1. The molecule has 2 N–H and O–H groups in total. The van der Waals surface area contributed by atoms with Crippen molar-refractivity contribution in [2.75, 3.05) is 0 Å². The predicted octanol–water partition coefficient (Wildman–Crippen LogP) is 2.55. The fraction of sp³-hybridized carbons (Fsp3) is 0.176. The first-order valence-corrected chi connectivity index (χ1v) is 7.24. The molecule has 0 aliphatic rings. The Labute approximate surface area is 138 Å². The van der Waals surface area contributed by atoms with Crippen molar-refractivity contribution >= 4 is 17.6 Å². The van der Waals surface area contributed by atoms with Gasteiger partial charge >= 0.3 is 5.97 Å². The summed E-state index contributed by atoms with van der Waals surface area (Å²) in [5.74, 6) is -1.23. The van der Waals surface area contributed by atoms with E-state index in [2.05, 4.69) is 0 Å². The standard InChI is InChI=1S/C17H16N2O5/c18-16(20)10-13(12-4-2-1-3-5-12)11-17(21)24-15-8-6-14(7-9-15)19(22)23/h1-9,13H,10-11H2,(H2,18,20). The normalized spacial score (nSPS) is 11.5. The summed E-state index contributed by atoms with van der Waals surface area (Å²) in [6.07, 6.45) is 0.00329. The fourth-order valence-electron chi connectivity index (χ4n) is 2.29. The van der Waals surface area contributed by atoms with E-state index in [0.717, 1.165) is 5.56 Å². The number of carbonyl (C=O) groups excluding carboxylic acids is 2. The third-order valence-corrected chi connectivity index (χ3v) is 3.41. The number of amides is 1. The van der Waals surface area contributed by atoms with E-state index in [-0.39, 0.29) is 30.2 Å². The van der Waals surface area contributed by atoms with E-state index in [1.54, 1.807) is 0 Å². The smallest absolute Gasteiger partial charge is 0.311 e. The summed E-state index contributed by atoms with van der Waals surface area (Å²) in [4.78, 5) is 33.4. The third-order valence-electron chi connectivity index (χ3n) is 3.41. The number of hydrogen-bond acceptors (Lipinski definition) is 5. The van der Waals surface area contributed by atoms with Crippen LogP contribution in [0.3, 0.4) is 0 Å². The number of esters is 1. The van der Waals surface area contributed by atoms with E-state index in [9.17, 15) is 19.7 Å². The fourth-order valence-corrected chi connectivity index (χ4v) is 2.29. The summed E-state index contributed by atoms with van der Waals surface area (Å²) in [7, 11) is 0. The second-order valence-corrected chi connectivity index (χ2v) is 5.21. The molecule has 124 valence electrons. The highest BCUT2D eigenvalue weighted by Crippen LogP contribution is 2.25. The second kappa shape index (κ2) is 7.87. The molecule has 24 heavy (non-hydrogen) atoms. The molecule has 1 atom stereocenters. The number of nitrogens with two attached hydrogens (primary N) is 1. The van der Waals surface area contributed by atoms with Gasteiger partial charge in [0.25, 0.3) is 5.69 Å². The molecule has 7 nitrogen and oxygen atoms in total. The van der Waals surface area contributed by atoms with Crippen LogP contribution in [0.5, 0.6) is 5.75 Å². The molecule has 0 heterocycles. The first-order chi connectivity index (χ1) is 11.5. The summed E-state index contributed by atoms with van der Waals surface area (Å²) in [6.45, 7) is 0. The average Bonchev–Trinajstić information content (AvgIpc) is 2.55. The maximum atomic E-state index is 12.1. The van der Waals surface area contributed by atoms with Crippen molar-refractivity contribution < 1.29 is 19.2 Å². The van der Waals surface area contributed by atoms with Gasteiger partial charge in [-0.15, -0.1) is 0 Å². The number of nitro groups is 1. The molecule has 1 unspecified atom stereocenters. The molecule has 2 aromatic carbocycles. The summed E-state index contributed by atoms with van der Waals surface area (Å²) in [6, 6.07) is 14.3. The first-order valence-electron chi connectivity index (χ1n) is 7.24. The topological polar surface area (TPSA) is 113 Å². The molecule has 2 aromatic rings. The van der Waals surface area contributed by atoms with Crippen LogP contribution in [-0.4, -0.2) is 16.8 Å². The Kier molecular flexibility index (Phi) is 5.62. The quantitative estimate of drug-likeness (QED) is 0.363. The number of hydrogen-bond donors (Lipinski definition) is 1. The van der Waals surface area contributed by atoms with Gasteiger partial charge in [-0.25, -0.2) is 0 Å². The second-order valence-electron chi connectivity index (χ2n) is 5.21. The lowest BCUT2D eigenvalue weighted by atomic mass is 9.92. The van der Waals surface area contributed by atoms with Gasteiger partial charge in [0.1, 0.15) is 5.75 Å². The van der Waals surface area contributed by atoms with Gasteiger partial charge in [0, 0.05) is 24.5 Å². The lowest BCUT2D eigenvalue weighted by Gasteiger charge is -2.15. The SMILES string of the molecule is NC(=O)CC(CC(=O)Oc1ccc([N+](=O)[O-])cc1)c1ccccc1. The van der Waals surface area contributed by atoms with E-state index in [4.69, 9.17) is 10.5 Å². The van der Waals surface area contributed by atoms with E-state index < -0.39 is 16.8 Å².